The van der Waals surface area contributed by atoms with E-state index in [0.29, 0.717) is 5.92 Å². The predicted molar refractivity (Wildman–Crippen MR) is 42.1 cm³/mol. The van der Waals surface area contributed by atoms with E-state index in [-0.39, 0.29) is 0 Å². The molecule has 0 aliphatic rings. The Balaban J connectivity index is 3.84. The smallest absolute Gasteiger partial charge is 0.0402 e. The lowest BCUT2D eigenvalue weighted by molar-refractivity contribution is 0.732. The molecule has 0 saturated carbocycles. The Hall–Kier alpha value is -0.660. The summed E-state index contributed by atoms with van der Waals surface area (Å²) in [4.78, 5) is 0. The van der Waals surface area contributed by atoms with Gasteiger partial charge in [0.2, 0.25) is 0 Å². The number of rotatable bonds is 3. The van der Waals surface area contributed by atoms with Gasteiger partial charge < -0.3 is 0 Å². The van der Waals surface area contributed by atoms with E-state index in [0.717, 1.165) is 12.1 Å². The van der Waals surface area contributed by atoms with Crippen LogP contribution in [-0.2, 0) is 0 Å². The van der Waals surface area contributed by atoms with E-state index in [9.17, 15) is 0 Å². The monoisotopic (exact) mass is 126 g/mol. The van der Waals surface area contributed by atoms with Gasteiger partial charge in [-0.15, -0.1) is 0 Å². The zero-order valence-electron chi connectivity index (χ0n) is 6.39. The molecule has 0 amide bonds. The molecule has 0 heterocycles. The summed E-state index contributed by atoms with van der Waals surface area (Å²) in [5.74, 6) is 0.537. The van der Waals surface area contributed by atoms with E-state index in [1.165, 1.54) is 0 Å². The Labute approximate surface area is 56.7 Å². The molecule has 0 bridgehead atoms. The molecule has 0 rings (SSSR count). The summed E-state index contributed by atoms with van der Waals surface area (Å²) in [6.45, 7) is 9.52. The summed E-state index contributed by atoms with van der Waals surface area (Å²) < 4.78 is 0. The molecule has 1 unspecified atom stereocenters. The maximum atomic E-state index is 3.83. The lowest BCUT2D eigenvalue weighted by Crippen LogP contribution is -2.03. The van der Waals surface area contributed by atoms with Gasteiger partial charge in [0.15, 0.2) is 0 Å². The number of nitrogens with zero attached hydrogens (tertiary/aromatic N) is 2. The summed E-state index contributed by atoms with van der Waals surface area (Å²) in [7, 11) is 0. The molecule has 0 aliphatic carbocycles. The first-order valence-corrected chi connectivity index (χ1v) is 3.22. The molecule has 0 aromatic carbocycles. The topological polar surface area (TPSA) is 24.7 Å². The Morgan fingerprint density at radius 1 is 1.67 bits per heavy atom. The summed E-state index contributed by atoms with van der Waals surface area (Å²) in [5, 5.41) is 7.27. The minimum atomic E-state index is 0.537. The van der Waals surface area contributed by atoms with E-state index in [1.807, 2.05) is 6.92 Å². The minimum absolute atomic E-state index is 0.537. The van der Waals surface area contributed by atoms with Crippen molar-refractivity contribution in [2.75, 3.05) is 0 Å². The molecule has 9 heavy (non-hydrogen) atoms. The third kappa shape index (κ3) is 3.01. The highest BCUT2D eigenvalue weighted by Crippen LogP contribution is 2.02. The van der Waals surface area contributed by atoms with Gasteiger partial charge in [-0.05, 0) is 19.3 Å². The lowest BCUT2D eigenvalue weighted by Gasteiger charge is -2.03. The van der Waals surface area contributed by atoms with Crippen LogP contribution >= 0.6 is 0 Å². The molecule has 0 aromatic rings. The second-order valence-corrected chi connectivity index (χ2v) is 2.19. The minimum Gasteiger partial charge on any atom is -0.167 e. The van der Waals surface area contributed by atoms with Crippen molar-refractivity contribution in [2.24, 2.45) is 16.1 Å². The van der Waals surface area contributed by atoms with Gasteiger partial charge in [-0.25, -0.2) is 0 Å². The Morgan fingerprint density at radius 2 is 2.22 bits per heavy atom. The highest BCUT2D eigenvalue weighted by molar-refractivity contribution is 5.83. The van der Waals surface area contributed by atoms with Crippen molar-refractivity contribution in [1.82, 2.24) is 0 Å². The van der Waals surface area contributed by atoms with E-state index in [2.05, 4.69) is 30.8 Å². The number of hydrogen-bond donors (Lipinski definition) is 0. The summed E-state index contributed by atoms with van der Waals surface area (Å²) >= 11 is 0. The average Bonchev–Trinajstić information content (AvgIpc) is 1.87. The van der Waals surface area contributed by atoms with E-state index in [4.69, 9.17) is 0 Å². The molecule has 2 heteroatoms. The molecular formula is C7H14N2. The largest absolute Gasteiger partial charge is 0.167 e. The second kappa shape index (κ2) is 4.24. The maximum absolute atomic E-state index is 3.83. The first kappa shape index (κ1) is 8.34. The fraction of sp³-hybridized carbons (Fsp3) is 0.714. The van der Waals surface area contributed by atoms with Crippen LogP contribution in [0.1, 0.15) is 27.2 Å². The van der Waals surface area contributed by atoms with E-state index >= 15 is 0 Å². The SMILES string of the molecule is C=N/N=C(\C)C(C)CC. The summed E-state index contributed by atoms with van der Waals surface area (Å²) in [6.07, 6.45) is 1.12. The normalized spacial score (nSPS) is 15.2. The van der Waals surface area contributed by atoms with Crippen LogP contribution in [0.4, 0.5) is 0 Å². The van der Waals surface area contributed by atoms with Crippen molar-refractivity contribution in [3.05, 3.63) is 0 Å². The molecule has 0 saturated heterocycles. The molecule has 2 nitrogen and oxygen atoms in total. The van der Waals surface area contributed by atoms with Crippen LogP contribution in [0.3, 0.4) is 0 Å². The van der Waals surface area contributed by atoms with Gasteiger partial charge in [0.25, 0.3) is 0 Å². The van der Waals surface area contributed by atoms with Crippen LogP contribution in [-0.4, -0.2) is 12.4 Å². The van der Waals surface area contributed by atoms with Crippen LogP contribution in [0.2, 0.25) is 0 Å². The Morgan fingerprint density at radius 3 is 2.56 bits per heavy atom. The van der Waals surface area contributed by atoms with Gasteiger partial charge in [-0.2, -0.15) is 10.2 Å². The van der Waals surface area contributed by atoms with Crippen molar-refractivity contribution in [1.29, 1.82) is 0 Å². The first-order chi connectivity index (χ1) is 4.22. The number of hydrogen-bond acceptors (Lipinski definition) is 2. The highest BCUT2D eigenvalue weighted by atomic mass is 15.2. The van der Waals surface area contributed by atoms with Gasteiger partial charge in [-0.1, -0.05) is 13.8 Å². The highest BCUT2D eigenvalue weighted by Gasteiger charge is 2.00. The first-order valence-electron chi connectivity index (χ1n) is 3.22. The van der Waals surface area contributed by atoms with Gasteiger partial charge >= 0.3 is 0 Å². The van der Waals surface area contributed by atoms with Gasteiger partial charge in [-0.3, -0.25) is 0 Å². The zero-order chi connectivity index (χ0) is 7.28. The molecule has 0 aromatic heterocycles. The van der Waals surface area contributed by atoms with Crippen LogP contribution in [0, 0.1) is 5.92 Å². The third-order valence-electron chi connectivity index (χ3n) is 1.55. The molecule has 0 spiro atoms. The van der Waals surface area contributed by atoms with Gasteiger partial charge in [0.05, 0.1) is 0 Å². The maximum Gasteiger partial charge on any atom is 0.0402 e. The van der Waals surface area contributed by atoms with Crippen molar-refractivity contribution in [3.8, 4) is 0 Å². The summed E-state index contributed by atoms with van der Waals surface area (Å²) in [5.41, 5.74) is 1.06. The lowest BCUT2D eigenvalue weighted by atomic mass is 10.1. The molecule has 1 atom stereocenters. The van der Waals surface area contributed by atoms with Crippen LogP contribution < -0.4 is 0 Å². The van der Waals surface area contributed by atoms with Crippen molar-refractivity contribution in [2.45, 2.75) is 27.2 Å². The van der Waals surface area contributed by atoms with Crippen molar-refractivity contribution in [3.63, 3.8) is 0 Å². The van der Waals surface area contributed by atoms with E-state index < -0.39 is 0 Å². The van der Waals surface area contributed by atoms with Gasteiger partial charge in [0, 0.05) is 12.4 Å². The van der Waals surface area contributed by atoms with Crippen molar-refractivity contribution < 1.29 is 0 Å². The Kier molecular flexibility index (Phi) is 3.93. The zero-order valence-corrected chi connectivity index (χ0v) is 6.39. The van der Waals surface area contributed by atoms with Gasteiger partial charge in [0.1, 0.15) is 0 Å². The molecule has 0 radical (unpaired) electrons. The third-order valence-corrected chi connectivity index (χ3v) is 1.55. The van der Waals surface area contributed by atoms with E-state index in [1.54, 1.807) is 0 Å². The summed E-state index contributed by atoms with van der Waals surface area (Å²) in [6, 6.07) is 0. The standard InChI is InChI=1S/C7H14N2/c1-5-6(2)7(3)9-8-4/h6H,4-5H2,1-3H3/b9-7+. The Bertz CT molecular complexity index is 116. The van der Waals surface area contributed by atoms with Crippen LogP contribution in [0.25, 0.3) is 0 Å². The van der Waals surface area contributed by atoms with Crippen molar-refractivity contribution >= 4 is 12.4 Å². The average molecular weight is 126 g/mol. The fourth-order valence-corrected chi connectivity index (χ4v) is 0.506. The molecule has 0 aliphatic heterocycles. The fourth-order valence-electron chi connectivity index (χ4n) is 0.506. The molecule has 0 N–H and O–H groups in total. The quantitative estimate of drug-likeness (QED) is 0.408. The molecular weight excluding hydrogens is 112 g/mol. The predicted octanol–water partition coefficient (Wildman–Crippen LogP) is 2.11. The second-order valence-electron chi connectivity index (χ2n) is 2.19. The molecule has 0 fully saturated rings. The van der Waals surface area contributed by atoms with Crippen LogP contribution in [0.5, 0.6) is 0 Å². The van der Waals surface area contributed by atoms with Crippen LogP contribution in [0.15, 0.2) is 10.2 Å². The molecule has 52 valence electrons.